The molecule has 20 heavy (non-hydrogen) atoms. The highest BCUT2D eigenvalue weighted by Gasteiger charge is 2.16. The van der Waals surface area contributed by atoms with Gasteiger partial charge < -0.3 is 14.8 Å². The number of Topliss-reactive ketones (excluding diaryl/α,β-unsaturated/α-hetero) is 1. The third-order valence-electron chi connectivity index (χ3n) is 2.24. The first-order valence-corrected chi connectivity index (χ1v) is 6.33. The highest BCUT2D eigenvalue weighted by atomic mass is 16.6. The van der Waals surface area contributed by atoms with E-state index in [9.17, 15) is 9.59 Å². The minimum atomic E-state index is -0.553. The molecule has 0 saturated carbocycles. The summed E-state index contributed by atoms with van der Waals surface area (Å²) in [5, 5.41) is 2.53. The minimum absolute atomic E-state index is 0.152. The number of amides is 1. The number of pyridine rings is 1. The van der Waals surface area contributed by atoms with E-state index in [4.69, 9.17) is 9.47 Å². The van der Waals surface area contributed by atoms with Crippen LogP contribution in [0.2, 0.25) is 0 Å². The molecule has 1 aromatic rings. The standard InChI is InChI=1S/C14H20N2O4/c1-14(2,3)20-13(18)15-9-8-11(17)10-6-5-7-12(16-10)19-4/h5-7H,8-9H2,1-4H3,(H,15,18). The SMILES string of the molecule is COc1cccc(C(=O)CCNC(=O)OC(C)(C)C)n1. The first kappa shape index (κ1) is 15.9. The summed E-state index contributed by atoms with van der Waals surface area (Å²) in [6.07, 6.45) is -0.386. The number of methoxy groups -OCH3 is 1. The van der Waals surface area contributed by atoms with E-state index >= 15 is 0 Å². The number of alkyl carbamates (subject to hydrolysis) is 1. The molecule has 0 aromatic carbocycles. The van der Waals surface area contributed by atoms with Gasteiger partial charge in [-0.25, -0.2) is 9.78 Å². The zero-order chi connectivity index (χ0) is 15.2. The lowest BCUT2D eigenvalue weighted by molar-refractivity contribution is 0.0527. The highest BCUT2D eigenvalue weighted by Crippen LogP contribution is 2.09. The number of rotatable bonds is 5. The molecule has 6 heteroatoms. The lowest BCUT2D eigenvalue weighted by Gasteiger charge is -2.19. The summed E-state index contributed by atoms with van der Waals surface area (Å²) < 4.78 is 10.0. The Labute approximate surface area is 118 Å². The molecule has 0 bridgehead atoms. The summed E-state index contributed by atoms with van der Waals surface area (Å²) in [7, 11) is 1.49. The Morgan fingerprint density at radius 3 is 2.60 bits per heavy atom. The molecule has 0 radical (unpaired) electrons. The van der Waals surface area contributed by atoms with Gasteiger partial charge in [-0.05, 0) is 26.8 Å². The number of carbonyl (C=O) groups is 2. The van der Waals surface area contributed by atoms with Gasteiger partial charge in [0.25, 0.3) is 0 Å². The summed E-state index contributed by atoms with van der Waals surface area (Å²) in [5.41, 5.74) is -0.238. The average molecular weight is 280 g/mol. The molecule has 0 aliphatic rings. The molecule has 6 nitrogen and oxygen atoms in total. The smallest absolute Gasteiger partial charge is 0.407 e. The van der Waals surface area contributed by atoms with Gasteiger partial charge in [-0.1, -0.05) is 6.07 Å². The number of hydrogen-bond donors (Lipinski definition) is 1. The van der Waals surface area contributed by atoms with Crippen molar-refractivity contribution in [2.45, 2.75) is 32.8 Å². The molecular formula is C14H20N2O4. The molecule has 1 aromatic heterocycles. The average Bonchev–Trinajstić information content (AvgIpc) is 2.36. The molecule has 110 valence electrons. The van der Waals surface area contributed by atoms with E-state index in [0.29, 0.717) is 11.6 Å². The van der Waals surface area contributed by atoms with Gasteiger partial charge in [-0.15, -0.1) is 0 Å². The molecule has 1 heterocycles. The van der Waals surface area contributed by atoms with Crippen LogP contribution in [0.5, 0.6) is 5.88 Å². The zero-order valence-electron chi connectivity index (χ0n) is 12.2. The molecule has 0 aliphatic carbocycles. The third-order valence-corrected chi connectivity index (χ3v) is 2.24. The van der Waals surface area contributed by atoms with Gasteiger partial charge in [0.1, 0.15) is 11.3 Å². The van der Waals surface area contributed by atoms with Crippen molar-refractivity contribution in [2.75, 3.05) is 13.7 Å². The van der Waals surface area contributed by atoms with E-state index in [-0.39, 0.29) is 18.7 Å². The number of hydrogen-bond acceptors (Lipinski definition) is 5. The van der Waals surface area contributed by atoms with Crippen molar-refractivity contribution in [1.82, 2.24) is 10.3 Å². The van der Waals surface area contributed by atoms with E-state index in [1.165, 1.54) is 7.11 Å². The maximum Gasteiger partial charge on any atom is 0.407 e. The van der Waals surface area contributed by atoms with Crippen LogP contribution in [0.1, 0.15) is 37.7 Å². The van der Waals surface area contributed by atoms with Gasteiger partial charge in [0.15, 0.2) is 5.78 Å². The molecule has 1 amide bonds. The maximum atomic E-state index is 11.9. The van der Waals surface area contributed by atoms with Crippen molar-refractivity contribution in [1.29, 1.82) is 0 Å². The summed E-state index contributed by atoms with van der Waals surface area (Å²) >= 11 is 0. The van der Waals surface area contributed by atoms with Crippen LogP contribution in [0, 0.1) is 0 Å². The van der Waals surface area contributed by atoms with Crippen molar-refractivity contribution in [3.05, 3.63) is 23.9 Å². The molecular weight excluding hydrogens is 260 g/mol. The molecule has 1 rings (SSSR count). The topological polar surface area (TPSA) is 77.5 Å². The second-order valence-electron chi connectivity index (χ2n) is 5.17. The fourth-order valence-corrected chi connectivity index (χ4v) is 1.40. The number of carbonyl (C=O) groups excluding carboxylic acids is 2. The largest absolute Gasteiger partial charge is 0.481 e. The van der Waals surface area contributed by atoms with Crippen LogP contribution in [0.25, 0.3) is 0 Å². The van der Waals surface area contributed by atoms with Crippen molar-refractivity contribution < 1.29 is 19.1 Å². The monoisotopic (exact) mass is 280 g/mol. The van der Waals surface area contributed by atoms with Crippen LogP contribution in [-0.2, 0) is 4.74 Å². The van der Waals surface area contributed by atoms with Crippen LogP contribution in [0.15, 0.2) is 18.2 Å². The van der Waals surface area contributed by atoms with Crippen LogP contribution in [0.4, 0.5) is 4.79 Å². The van der Waals surface area contributed by atoms with E-state index in [1.54, 1.807) is 39.0 Å². The zero-order valence-corrected chi connectivity index (χ0v) is 12.2. The number of ketones is 1. The van der Waals surface area contributed by atoms with E-state index < -0.39 is 11.7 Å². The first-order chi connectivity index (χ1) is 9.31. The molecule has 0 saturated heterocycles. The predicted octanol–water partition coefficient (Wildman–Crippen LogP) is 2.19. The van der Waals surface area contributed by atoms with Gasteiger partial charge in [0.05, 0.1) is 7.11 Å². The van der Waals surface area contributed by atoms with Gasteiger partial charge >= 0.3 is 6.09 Å². The lowest BCUT2D eigenvalue weighted by Crippen LogP contribution is -2.33. The van der Waals surface area contributed by atoms with Gasteiger partial charge in [-0.3, -0.25) is 4.79 Å². The van der Waals surface area contributed by atoms with Gasteiger partial charge in [0.2, 0.25) is 5.88 Å². The van der Waals surface area contributed by atoms with Crippen molar-refractivity contribution in [3.8, 4) is 5.88 Å². The molecule has 0 unspecified atom stereocenters. The predicted molar refractivity (Wildman–Crippen MR) is 74.0 cm³/mol. The normalized spacial score (nSPS) is 10.8. The van der Waals surface area contributed by atoms with Gasteiger partial charge in [-0.2, -0.15) is 0 Å². The van der Waals surface area contributed by atoms with Crippen molar-refractivity contribution >= 4 is 11.9 Å². The molecule has 0 atom stereocenters. The highest BCUT2D eigenvalue weighted by molar-refractivity contribution is 5.94. The molecule has 0 spiro atoms. The lowest BCUT2D eigenvalue weighted by atomic mass is 10.2. The van der Waals surface area contributed by atoms with Gasteiger partial charge in [0, 0.05) is 19.0 Å². The third kappa shape index (κ3) is 5.69. The fraction of sp³-hybridized carbons (Fsp3) is 0.500. The second kappa shape index (κ2) is 6.88. The van der Waals surface area contributed by atoms with Crippen LogP contribution < -0.4 is 10.1 Å². The Bertz CT molecular complexity index is 480. The van der Waals surface area contributed by atoms with Crippen molar-refractivity contribution in [3.63, 3.8) is 0 Å². The summed E-state index contributed by atoms with van der Waals surface area (Å²) in [5.74, 6) is 0.218. The minimum Gasteiger partial charge on any atom is -0.481 e. The number of aromatic nitrogens is 1. The Morgan fingerprint density at radius 2 is 2.00 bits per heavy atom. The molecule has 0 aliphatic heterocycles. The number of ether oxygens (including phenoxy) is 2. The molecule has 0 fully saturated rings. The first-order valence-electron chi connectivity index (χ1n) is 6.33. The number of nitrogens with zero attached hydrogens (tertiary/aromatic N) is 1. The Hall–Kier alpha value is -2.11. The second-order valence-corrected chi connectivity index (χ2v) is 5.17. The Balaban J connectivity index is 2.42. The number of nitrogens with one attached hydrogen (secondary N) is 1. The Morgan fingerprint density at radius 1 is 1.30 bits per heavy atom. The maximum absolute atomic E-state index is 11.9. The van der Waals surface area contributed by atoms with Crippen LogP contribution >= 0.6 is 0 Å². The van der Waals surface area contributed by atoms with Crippen LogP contribution in [-0.4, -0.2) is 36.1 Å². The Kier molecular flexibility index (Phi) is 5.49. The summed E-state index contributed by atoms with van der Waals surface area (Å²) in [6, 6.07) is 4.97. The summed E-state index contributed by atoms with van der Waals surface area (Å²) in [4.78, 5) is 27.3. The van der Waals surface area contributed by atoms with E-state index in [2.05, 4.69) is 10.3 Å². The van der Waals surface area contributed by atoms with Crippen molar-refractivity contribution in [2.24, 2.45) is 0 Å². The molecule has 1 N–H and O–H groups in total. The van der Waals surface area contributed by atoms with E-state index in [0.717, 1.165) is 0 Å². The van der Waals surface area contributed by atoms with Crippen LogP contribution in [0.3, 0.4) is 0 Å². The fourth-order valence-electron chi connectivity index (χ4n) is 1.40. The summed E-state index contributed by atoms with van der Waals surface area (Å²) in [6.45, 7) is 5.53. The quantitative estimate of drug-likeness (QED) is 0.836. The van der Waals surface area contributed by atoms with E-state index in [1.807, 2.05) is 0 Å².